The Kier molecular flexibility index (Phi) is 5.78. The summed E-state index contributed by atoms with van der Waals surface area (Å²) in [4.78, 5) is 11.7. The molecule has 1 amide bonds. The van der Waals surface area contributed by atoms with Crippen LogP contribution in [0.1, 0.15) is 18.9 Å². The Morgan fingerprint density at radius 3 is 2.33 bits per heavy atom. The second-order valence-electron chi connectivity index (χ2n) is 4.55. The third-order valence-corrected chi connectivity index (χ3v) is 3.22. The van der Waals surface area contributed by atoms with Gasteiger partial charge in [-0.15, -0.1) is 0 Å². The highest BCUT2D eigenvalue weighted by molar-refractivity contribution is 9.10. The molecule has 18 heavy (non-hydrogen) atoms. The van der Waals surface area contributed by atoms with Crippen molar-refractivity contribution in [3.05, 3.63) is 34.3 Å². The molecule has 0 heterocycles. The van der Waals surface area contributed by atoms with E-state index >= 15 is 0 Å². The first-order chi connectivity index (χ1) is 8.49. The number of hydrogen-bond donors (Lipinski definition) is 3. The average Bonchev–Trinajstić information content (AvgIpc) is 2.38. The number of carbonyl (C=O) groups is 1. The molecule has 0 bridgehead atoms. The van der Waals surface area contributed by atoms with Crippen molar-refractivity contribution in [1.82, 2.24) is 5.32 Å². The quantitative estimate of drug-likeness (QED) is 0.740. The maximum Gasteiger partial charge on any atom is 0.220 e. The van der Waals surface area contributed by atoms with Crippen molar-refractivity contribution in [3.63, 3.8) is 0 Å². The fraction of sp³-hybridized carbons (Fsp3) is 0.462. The third kappa shape index (κ3) is 4.76. The molecule has 0 atom stereocenters. The number of hydrogen-bond acceptors (Lipinski definition) is 3. The topological polar surface area (TPSA) is 69.6 Å². The summed E-state index contributed by atoms with van der Waals surface area (Å²) in [5.74, 6) is -0.177. The van der Waals surface area contributed by atoms with Crippen LogP contribution in [0.5, 0.6) is 0 Å². The lowest BCUT2D eigenvalue weighted by molar-refractivity contribution is -0.124. The maximum absolute atomic E-state index is 11.7. The van der Waals surface area contributed by atoms with Gasteiger partial charge in [0, 0.05) is 10.9 Å². The van der Waals surface area contributed by atoms with E-state index in [1.807, 2.05) is 24.3 Å². The van der Waals surface area contributed by atoms with E-state index in [4.69, 9.17) is 10.2 Å². The average molecular weight is 316 g/mol. The molecule has 3 N–H and O–H groups in total. The highest BCUT2D eigenvalue weighted by Crippen LogP contribution is 2.12. The molecule has 0 fully saturated rings. The van der Waals surface area contributed by atoms with Crippen molar-refractivity contribution >= 4 is 21.8 Å². The van der Waals surface area contributed by atoms with Crippen LogP contribution in [0.3, 0.4) is 0 Å². The van der Waals surface area contributed by atoms with Gasteiger partial charge in [0.2, 0.25) is 5.91 Å². The molecule has 0 aliphatic rings. The van der Waals surface area contributed by atoms with Gasteiger partial charge in [-0.1, -0.05) is 28.1 Å². The number of benzene rings is 1. The lowest BCUT2D eigenvalue weighted by Crippen LogP contribution is -2.51. The predicted molar refractivity (Wildman–Crippen MR) is 73.2 cm³/mol. The molecule has 0 saturated heterocycles. The first-order valence-electron chi connectivity index (χ1n) is 5.76. The highest BCUT2D eigenvalue weighted by atomic mass is 79.9. The van der Waals surface area contributed by atoms with Crippen LogP contribution in [0.4, 0.5) is 0 Å². The molecule has 1 aromatic rings. The van der Waals surface area contributed by atoms with Crippen LogP contribution in [0.15, 0.2) is 28.7 Å². The third-order valence-electron chi connectivity index (χ3n) is 2.69. The van der Waals surface area contributed by atoms with Gasteiger partial charge >= 0.3 is 0 Å². The van der Waals surface area contributed by atoms with Crippen LogP contribution in [0, 0.1) is 0 Å². The van der Waals surface area contributed by atoms with E-state index < -0.39 is 5.54 Å². The van der Waals surface area contributed by atoms with Gasteiger partial charge in [-0.2, -0.15) is 0 Å². The second-order valence-corrected chi connectivity index (χ2v) is 5.47. The number of halogens is 1. The predicted octanol–water partition coefficient (Wildman–Crippen LogP) is 1.24. The largest absolute Gasteiger partial charge is 0.394 e. The van der Waals surface area contributed by atoms with Crippen molar-refractivity contribution in [1.29, 1.82) is 0 Å². The standard InChI is InChI=1S/C13H18BrNO3/c1-13(8-16,9-17)15-12(18)7-4-10-2-5-11(14)6-3-10/h2-3,5-6,16-17H,4,7-9H2,1H3,(H,15,18). The first-order valence-corrected chi connectivity index (χ1v) is 6.55. The molecule has 1 rings (SSSR count). The summed E-state index contributed by atoms with van der Waals surface area (Å²) in [6.07, 6.45) is 0.962. The molecule has 5 heteroatoms. The van der Waals surface area contributed by atoms with Crippen molar-refractivity contribution < 1.29 is 15.0 Å². The Labute approximate surface area is 115 Å². The molecule has 0 aliphatic carbocycles. The number of aliphatic hydroxyl groups excluding tert-OH is 2. The van der Waals surface area contributed by atoms with E-state index in [1.54, 1.807) is 6.92 Å². The zero-order valence-electron chi connectivity index (χ0n) is 10.3. The molecule has 1 aromatic carbocycles. The number of aryl methyl sites for hydroxylation is 1. The Morgan fingerprint density at radius 2 is 1.83 bits per heavy atom. The van der Waals surface area contributed by atoms with Crippen LogP contribution in [0.25, 0.3) is 0 Å². The van der Waals surface area contributed by atoms with E-state index in [1.165, 1.54) is 0 Å². The molecular weight excluding hydrogens is 298 g/mol. The van der Waals surface area contributed by atoms with Crippen molar-refractivity contribution in [2.75, 3.05) is 13.2 Å². The Balaban J connectivity index is 2.44. The van der Waals surface area contributed by atoms with Gasteiger partial charge in [0.15, 0.2) is 0 Å². The minimum absolute atomic E-state index is 0.177. The molecule has 100 valence electrons. The summed E-state index contributed by atoms with van der Waals surface area (Å²) in [6, 6.07) is 7.76. The van der Waals surface area contributed by atoms with Gasteiger partial charge in [0.1, 0.15) is 0 Å². The molecule has 0 radical (unpaired) electrons. The molecular formula is C13H18BrNO3. The van der Waals surface area contributed by atoms with Gasteiger partial charge in [-0.25, -0.2) is 0 Å². The molecule has 4 nitrogen and oxygen atoms in total. The van der Waals surface area contributed by atoms with E-state index in [2.05, 4.69) is 21.2 Å². The summed E-state index contributed by atoms with van der Waals surface area (Å²) < 4.78 is 1.00. The fourth-order valence-electron chi connectivity index (χ4n) is 1.44. The summed E-state index contributed by atoms with van der Waals surface area (Å²) in [7, 11) is 0. The molecule has 0 spiro atoms. The number of aliphatic hydroxyl groups is 2. The minimum atomic E-state index is -0.948. The van der Waals surface area contributed by atoms with E-state index in [0.29, 0.717) is 12.8 Å². The Hall–Kier alpha value is -0.910. The lowest BCUT2D eigenvalue weighted by atomic mass is 10.0. The number of nitrogens with one attached hydrogen (secondary N) is 1. The van der Waals surface area contributed by atoms with Gasteiger partial charge in [0.25, 0.3) is 0 Å². The van der Waals surface area contributed by atoms with Crippen LogP contribution in [0.2, 0.25) is 0 Å². The second kappa shape index (κ2) is 6.87. The maximum atomic E-state index is 11.7. The fourth-order valence-corrected chi connectivity index (χ4v) is 1.70. The smallest absolute Gasteiger partial charge is 0.220 e. The van der Waals surface area contributed by atoms with Crippen LogP contribution in [-0.4, -0.2) is 34.9 Å². The highest BCUT2D eigenvalue weighted by Gasteiger charge is 2.24. The molecule has 0 aliphatic heterocycles. The van der Waals surface area contributed by atoms with Crippen LogP contribution >= 0.6 is 15.9 Å². The van der Waals surface area contributed by atoms with Crippen molar-refractivity contribution in [3.8, 4) is 0 Å². The minimum Gasteiger partial charge on any atom is -0.394 e. The molecule has 0 aromatic heterocycles. The zero-order chi connectivity index (χ0) is 13.6. The summed E-state index contributed by atoms with van der Waals surface area (Å²) in [5.41, 5.74) is 0.125. The monoisotopic (exact) mass is 315 g/mol. The number of rotatable bonds is 6. The van der Waals surface area contributed by atoms with Gasteiger partial charge in [0.05, 0.1) is 18.8 Å². The summed E-state index contributed by atoms with van der Waals surface area (Å²) in [6.45, 7) is 1.03. The van der Waals surface area contributed by atoms with Crippen molar-refractivity contribution in [2.45, 2.75) is 25.3 Å². The first kappa shape index (κ1) is 15.1. The number of amides is 1. The molecule has 0 unspecified atom stereocenters. The Morgan fingerprint density at radius 1 is 1.28 bits per heavy atom. The molecule has 0 saturated carbocycles. The normalized spacial score (nSPS) is 11.3. The Bertz CT molecular complexity index is 388. The van der Waals surface area contributed by atoms with Crippen LogP contribution < -0.4 is 5.32 Å². The SMILES string of the molecule is CC(CO)(CO)NC(=O)CCc1ccc(Br)cc1. The zero-order valence-corrected chi connectivity index (χ0v) is 11.9. The van der Waals surface area contributed by atoms with E-state index in [-0.39, 0.29) is 19.1 Å². The van der Waals surface area contributed by atoms with Crippen LogP contribution in [-0.2, 0) is 11.2 Å². The number of carbonyl (C=O) groups excluding carboxylic acids is 1. The van der Waals surface area contributed by atoms with Gasteiger partial charge in [-0.05, 0) is 31.0 Å². The summed E-state index contributed by atoms with van der Waals surface area (Å²) in [5, 5.41) is 20.8. The summed E-state index contributed by atoms with van der Waals surface area (Å²) >= 11 is 3.35. The van der Waals surface area contributed by atoms with E-state index in [0.717, 1.165) is 10.0 Å². The van der Waals surface area contributed by atoms with Crippen molar-refractivity contribution in [2.24, 2.45) is 0 Å². The van der Waals surface area contributed by atoms with E-state index in [9.17, 15) is 4.79 Å². The lowest BCUT2D eigenvalue weighted by Gasteiger charge is -2.26. The van der Waals surface area contributed by atoms with Gasteiger partial charge in [-0.3, -0.25) is 4.79 Å². The van der Waals surface area contributed by atoms with Gasteiger partial charge < -0.3 is 15.5 Å².